The molecule has 0 bridgehead atoms. The van der Waals surface area contributed by atoms with E-state index in [0.717, 1.165) is 24.4 Å². The Morgan fingerprint density at radius 2 is 2.40 bits per heavy atom. The normalized spacial score (nSPS) is 16.9. The minimum absolute atomic E-state index is 0.468. The molecule has 10 heavy (non-hydrogen) atoms. The van der Waals surface area contributed by atoms with Crippen molar-refractivity contribution in [1.82, 2.24) is 0 Å². The monoisotopic (exact) mass is 158 g/mol. The van der Waals surface area contributed by atoms with Crippen LogP contribution in [-0.2, 0) is 17.8 Å². The van der Waals surface area contributed by atoms with Gasteiger partial charge in [-0.1, -0.05) is 0 Å². The fraction of sp³-hybridized carbons (Fsp3) is 0.429. The molecule has 0 aliphatic carbocycles. The van der Waals surface area contributed by atoms with Crippen molar-refractivity contribution in [2.45, 2.75) is 13.0 Å². The van der Waals surface area contributed by atoms with Gasteiger partial charge in [-0.25, -0.2) is 0 Å². The topological polar surface area (TPSA) is 22.4 Å². The number of rotatable bonds is 0. The van der Waals surface area contributed by atoms with Crippen LogP contribution < -0.4 is 0 Å². The van der Waals surface area contributed by atoms with Crippen LogP contribution in [0.3, 0.4) is 0 Å². The van der Waals surface area contributed by atoms with E-state index in [2.05, 4.69) is 0 Å². The van der Waals surface area contributed by atoms with Gasteiger partial charge in [-0.05, 0) is 11.6 Å². The van der Waals surface area contributed by atoms with Crippen LogP contribution in [0.1, 0.15) is 11.3 Å². The smallest absolute Gasteiger partial charge is 0.193 e. The van der Waals surface area contributed by atoms with Gasteiger partial charge < -0.3 is 9.15 Å². The zero-order chi connectivity index (χ0) is 6.97. The van der Waals surface area contributed by atoms with Gasteiger partial charge in [-0.15, -0.1) is 0 Å². The molecule has 1 aromatic heterocycles. The summed E-state index contributed by atoms with van der Waals surface area (Å²) in [6.07, 6.45) is 0.849. The number of ether oxygens (including phenoxy) is 1. The Morgan fingerprint density at radius 1 is 1.50 bits per heavy atom. The van der Waals surface area contributed by atoms with Crippen molar-refractivity contribution >= 4 is 11.6 Å². The molecule has 0 unspecified atom stereocenters. The molecule has 0 spiro atoms. The van der Waals surface area contributed by atoms with Crippen molar-refractivity contribution in [1.29, 1.82) is 0 Å². The molecule has 0 N–H and O–H groups in total. The zero-order valence-corrected chi connectivity index (χ0v) is 6.15. The van der Waals surface area contributed by atoms with Crippen LogP contribution in [0.2, 0.25) is 5.22 Å². The molecule has 0 amide bonds. The van der Waals surface area contributed by atoms with Crippen LogP contribution >= 0.6 is 11.6 Å². The number of hydrogen-bond donors (Lipinski definition) is 0. The predicted octanol–water partition coefficient (Wildman–Crippen LogP) is 2.01. The lowest BCUT2D eigenvalue weighted by Crippen LogP contribution is -2.06. The highest BCUT2D eigenvalue weighted by molar-refractivity contribution is 6.28. The highest BCUT2D eigenvalue weighted by Crippen LogP contribution is 2.23. The van der Waals surface area contributed by atoms with E-state index in [1.54, 1.807) is 0 Å². The van der Waals surface area contributed by atoms with Gasteiger partial charge in [0.1, 0.15) is 5.76 Å². The average molecular weight is 159 g/mol. The first kappa shape index (κ1) is 6.25. The van der Waals surface area contributed by atoms with E-state index in [4.69, 9.17) is 20.8 Å². The molecular formula is C7H7ClO2. The van der Waals surface area contributed by atoms with Gasteiger partial charge in [-0.3, -0.25) is 0 Å². The van der Waals surface area contributed by atoms with Crippen molar-refractivity contribution in [3.05, 3.63) is 22.6 Å². The van der Waals surface area contributed by atoms with E-state index in [0.29, 0.717) is 11.8 Å². The van der Waals surface area contributed by atoms with E-state index < -0.39 is 0 Å². The van der Waals surface area contributed by atoms with E-state index in [9.17, 15) is 0 Å². The number of hydrogen-bond acceptors (Lipinski definition) is 2. The fourth-order valence-corrected chi connectivity index (χ4v) is 1.34. The molecule has 3 heteroatoms. The van der Waals surface area contributed by atoms with Gasteiger partial charge in [0.2, 0.25) is 0 Å². The highest BCUT2D eigenvalue weighted by atomic mass is 35.5. The van der Waals surface area contributed by atoms with Gasteiger partial charge >= 0.3 is 0 Å². The second-order valence-corrected chi connectivity index (χ2v) is 2.67. The van der Waals surface area contributed by atoms with Crippen molar-refractivity contribution < 1.29 is 9.15 Å². The van der Waals surface area contributed by atoms with Gasteiger partial charge in [0.15, 0.2) is 5.22 Å². The zero-order valence-electron chi connectivity index (χ0n) is 5.39. The second-order valence-electron chi connectivity index (χ2n) is 2.30. The fourth-order valence-electron chi connectivity index (χ4n) is 1.11. The molecule has 2 heterocycles. The van der Waals surface area contributed by atoms with Crippen LogP contribution in [0, 0.1) is 0 Å². The van der Waals surface area contributed by atoms with Crippen LogP contribution in [-0.4, -0.2) is 6.61 Å². The molecule has 2 rings (SSSR count). The lowest BCUT2D eigenvalue weighted by atomic mass is 10.2. The molecule has 0 radical (unpaired) electrons. The molecule has 0 saturated carbocycles. The van der Waals surface area contributed by atoms with E-state index in [1.807, 2.05) is 6.07 Å². The third kappa shape index (κ3) is 0.935. The summed E-state index contributed by atoms with van der Waals surface area (Å²) in [6.45, 7) is 1.39. The number of fused-ring (bicyclic) bond motifs is 1. The summed E-state index contributed by atoms with van der Waals surface area (Å²) in [5, 5.41) is 0.468. The minimum atomic E-state index is 0.468. The summed E-state index contributed by atoms with van der Waals surface area (Å²) < 4.78 is 10.4. The lowest BCUT2D eigenvalue weighted by Gasteiger charge is -2.08. The molecule has 0 saturated heterocycles. The number of halogens is 1. The van der Waals surface area contributed by atoms with Gasteiger partial charge in [0.25, 0.3) is 0 Å². The SMILES string of the molecule is Clc1cc2c(o1)CCOC2. The minimum Gasteiger partial charge on any atom is -0.449 e. The maximum absolute atomic E-state index is 5.63. The molecule has 1 aromatic rings. The summed E-state index contributed by atoms with van der Waals surface area (Å²) in [5.74, 6) is 0.983. The first-order valence-electron chi connectivity index (χ1n) is 3.21. The molecule has 1 aliphatic heterocycles. The largest absolute Gasteiger partial charge is 0.449 e. The van der Waals surface area contributed by atoms with Crippen molar-refractivity contribution in [2.75, 3.05) is 6.61 Å². The quantitative estimate of drug-likeness (QED) is 0.576. The summed E-state index contributed by atoms with van der Waals surface area (Å²) in [5.41, 5.74) is 1.09. The highest BCUT2D eigenvalue weighted by Gasteiger charge is 2.13. The number of furan rings is 1. The predicted molar refractivity (Wildman–Crippen MR) is 37.1 cm³/mol. The van der Waals surface area contributed by atoms with Crippen molar-refractivity contribution in [2.24, 2.45) is 0 Å². The lowest BCUT2D eigenvalue weighted by molar-refractivity contribution is 0.104. The first-order chi connectivity index (χ1) is 4.86. The van der Waals surface area contributed by atoms with Crippen LogP contribution in [0.5, 0.6) is 0 Å². The van der Waals surface area contributed by atoms with E-state index >= 15 is 0 Å². The van der Waals surface area contributed by atoms with Crippen molar-refractivity contribution in [3.8, 4) is 0 Å². The molecule has 2 nitrogen and oxygen atoms in total. The summed E-state index contributed by atoms with van der Waals surface area (Å²) >= 11 is 5.63. The molecule has 0 aromatic carbocycles. The second kappa shape index (κ2) is 2.29. The Morgan fingerprint density at radius 3 is 3.20 bits per heavy atom. The average Bonchev–Trinajstić information content (AvgIpc) is 2.27. The first-order valence-corrected chi connectivity index (χ1v) is 3.59. The molecule has 1 aliphatic rings. The van der Waals surface area contributed by atoms with E-state index in [1.165, 1.54) is 0 Å². The van der Waals surface area contributed by atoms with Crippen LogP contribution in [0.4, 0.5) is 0 Å². The molecular weight excluding hydrogens is 152 g/mol. The molecule has 0 atom stereocenters. The van der Waals surface area contributed by atoms with Crippen LogP contribution in [0.15, 0.2) is 10.5 Å². The maximum atomic E-state index is 5.63. The van der Waals surface area contributed by atoms with Gasteiger partial charge in [0.05, 0.1) is 13.2 Å². The summed E-state index contributed by atoms with van der Waals surface area (Å²) in [7, 11) is 0. The Kier molecular flexibility index (Phi) is 1.43. The van der Waals surface area contributed by atoms with Crippen molar-refractivity contribution in [3.63, 3.8) is 0 Å². The standard InChI is InChI=1S/C7H7ClO2/c8-7-3-5-4-9-2-1-6(5)10-7/h3H,1-2,4H2. The van der Waals surface area contributed by atoms with E-state index in [-0.39, 0.29) is 0 Å². The Labute approximate surface area is 63.7 Å². The summed E-state index contributed by atoms with van der Waals surface area (Å²) in [6, 6.07) is 1.82. The third-order valence-electron chi connectivity index (χ3n) is 1.60. The summed E-state index contributed by atoms with van der Waals surface area (Å²) in [4.78, 5) is 0. The molecule has 0 fully saturated rings. The third-order valence-corrected chi connectivity index (χ3v) is 1.78. The van der Waals surface area contributed by atoms with Gasteiger partial charge in [-0.2, -0.15) is 0 Å². The Balaban J connectivity index is 2.41. The maximum Gasteiger partial charge on any atom is 0.193 e. The Bertz CT molecular complexity index is 218. The van der Waals surface area contributed by atoms with Crippen LogP contribution in [0.25, 0.3) is 0 Å². The Hall–Kier alpha value is -0.470. The molecule has 54 valence electrons. The van der Waals surface area contributed by atoms with Gasteiger partial charge in [0, 0.05) is 18.1 Å².